The van der Waals surface area contributed by atoms with Gasteiger partial charge in [-0.05, 0) is 80.9 Å². The number of benzene rings is 3. The van der Waals surface area contributed by atoms with Crippen LogP contribution >= 0.6 is 0 Å². The van der Waals surface area contributed by atoms with Gasteiger partial charge in [-0.2, -0.15) is 0 Å². The van der Waals surface area contributed by atoms with Crippen LogP contribution in [0.15, 0.2) is 66.7 Å². The van der Waals surface area contributed by atoms with Crippen LogP contribution in [0.1, 0.15) is 80.4 Å². The number of carbonyl (C=O) groups is 4. The predicted octanol–water partition coefficient (Wildman–Crippen LogP) is 5.27. The molecular weight excluding hydrogens is 498 g/mol. The van der Waals surface area contributed by atoms with Crippen molar-refractivity contribution in [3.05, 3.63) is 94.5 Å². The van der Waals surface area contributed by atoms with E-state index < -0.39 is 18.1 Å². The van der Waals surface area contributed by atoms with E-state index in [1.807, 2.05) is 6.92 Å². The Bertz CT molecular complexity index is 1370. The molecule has 0 saturated heterocycles. The fraction of sp³-hybridized carbons (Fsp3) is 0.267. The molecule has 0 saturated carbocycles. The average Bonchev–Trinajstić information content (AvgIpc) is 3.19. The molecule has 1 heterocycles. The Kier molecular flexibility index (Phi) is 8.60. The number of carbonyl (C=O) groups excluding carboxylic acids is 4. The van der Waals surface area contributed by atoms with E-state index in [2.05, 4.69) is 10.6 Å². The van der Waals surface area contributed by atoms with Gasteiger partial charge in [-0.1, -0.05) is 13.0 Å². The molecule has 1 aliphatic heterocycles. The number of anilines is 2. The molecule has 2 N–H and O–H groups in total. The highest BCUT2D eigenvalue weighted by Gasteiger charge is 2.36. The third-order valence-corrected chi connectivity index (χ3v) is 6.23. The third-order valence-electron chi connectivity index (χ3n) is 6.23. The number of hydrogen-bond acceptors (Lipinski definition) is 7. The van der Waals surface area contributed by atoms with Gasteiger partial charge in [0, 0.05) is 34.6 Å². The number of rotatable bonds is 10. The smallest absolute Gasteiger partial charge is 0.338 e. The Hall–Kier alpha value is -4.66. The molecule has 0 fully saturated rings. The maximum absolute atomic E-state index is 13.3. The molecular formula is C30H31N3O6. The standard InChI is InChI=1S/C30H31N3O6/c1-4-17-33-26(31-22-12-7-19(8-13-22)29(36)38-5-2)24-16-11-21(18-25(24)28(33)35)27(34)32-23-14-9-20(10-15-23)30(37)39-6-3/h7-16,18,26,31H,4-6,17H2,1-3H3,(H,32,34)/t26-/m1/s1. The minimum Gasteiger partial charge on any atom is -0.462 e. The van der Waals surface area contributed by atoms with E-state index in [-0.39, 0.29) is 18.4 Å². The van der Waals surface area contributed by atoms with Crippen molar-refractivity contribution in [3.8, 4) is 0 Å². The first-order valence-electron chi connectivity index (χ1n) is 12.9. The van der Waals surface area contributed by atoms with Crippen LogP contribution in [0.2, 0.25) is 0 Å². The van der Waals surface area contributed by atoms with Crippen molar-refractivity contribution < 1.29 is 28.7 Å². The second-order valence-electron chi connectivity index (χ2n) is 8.90. The number of amides is 2. The van der Waals surface area contributed by atoms with Crippen LogP contribution in [-0.2, 0) is 9.47 Å². The lowest BCUT2D eigenvalue weighted by Crippen LogP contribution is -2.32. The Morgan fingerprint density at radius 3 is 1.85 bits per heavy atom. The minimum absolute atomic E-state index is 0.166. The van der Waals surface area contributed by atoms with E-state index in [0.29, 0.717) is 41.1 Å². The number of nitrogens with zero attached hydrogens (tertiary/aromatic N) is 1. The topological polar surface area (TPSA) is 114 Å². The van der Waals surface area contributed by atoms with E-state index >= 15 is 0 Å². The molecule has 0 bridgehead atoms. The Labute approximate surface area is 227 Å². The molecule has 3 aromatic carbocycles. The summed E-state index contributed by atoms with van der Waals surface area (Å²) >= 11 is 0. The van der Waals surface area contributed by atoms with Gasteiger partial charge in [-0.3, -0.25) is 9.59 Å². The van der Waals surface area contributed by atoms with Crippen LogP contribution in [0, 0.1) is 0 Å². The molecule has 3 aromatic rings. The molecule has 1 aliphatic rings. The van der Waals surface area contributed by atoms with Gasteiger partial charge in [0.2, 0.25) is 0 Å². The third kappa shape index (κ3) is 6.09. The molecule has 9 heteroatoms. The quantitative estimate of drug-likeness (QED) is 0.344. The van der Waals surface area contributed by atoms with E-state index in [0.717, 1.165) is 17.7 Å². The maximum atomic E-state index is 13.3. The molecule has 2 amide bonds. The van der Waals surface area contributed by atoms with Crippen molar-refractivity contribution in [2.75, 3.05) is 30.4 Å². The molecule has 0 unspecified atom stereocenters. The summed E-state index contributed by atoms with van der Waals surface area (Å²) in [5, 5.41) is 6.19. The fourth-order valence-corrected chi connectivity index (χ4v) is 4.37. The molecule has 0 aliphatic carbocycles. The first-order chi connectivity index (χ1) is 18.9. The van der Waals surface area contributed by atoms with Crippen LogP contribution in [0.25, 0.3) is 0 Å². The first-order valence-corrected chi connectivity index (χ1v) is 12.9. The SMILES string of the molecule is CCCN1C(=O)c2cc(C(=O)Nc3ccc(C(=O)OCC)cc3)ccc2[C@@H]1Nc1ccc(C(=O)OCC)cc1. The molecule has 1 atom stereocenters. The van der Waals surface area contributed by atoms with E-state index in [9.17, 15) is 19.2 Å². The van der Waals surface area contributed by atoms with Crippen molar-refractivity contribution in [3.63, 3.8) is 0 Å². The predicted molar refractivity (Wildman–Crippen MR) is 147 cm³/mol. The second-order valence-corrected chi connectivity index (χ2v) is 8.90. The molecule has 0 spiro atoms. The molecule has 39 heavy (non-hydrogen) atoms. The van der Waals surface area contributed by atoms with Crippen LogP contribution < -0.4 is 10.6 Å². The summed E-state index contributed by atoms with van der Waals surface area (Å²) in [7, 11) is 0. The van der Waals surface area contributed by atoms with Gasteiger partial charge in [0.05, 0.1) is 24.3 Å². The summed E-state index contributed by atoms with van der Waals surface area (Å²) in [5.41, 5.74) is 3.64. The van der Waals surface area contributed by atoms with Gasteiger partial charge in [0.25, 0.3) is 11.8 Å². The monoisotopic (exact) mass is 529 g/mol. The zero-order chi connectivity index (χ0) is 27.9. The van der Waals surface area contributed by atoms with Crippen molar-refractivity contribution in [2.45, 2.75) is 33.4 Å². The first kappa shape index (κ1) is 27.4. The number of hydrogen-bond donors (Lipinski definition) is 2. The summed E-state index contributed by atoms with van der Waals surface area (Å²) in [6, 6.07) is 18.4. The van der Waals surface area contributed by atoms with Crippen LogP contribution in [0.3, 0.4) is 0 Å². The highest BCUT2D eigenvalue weighted by molar-refractivity contribution is 6.07. The van der Waals surface area contributed by atoms with Crippen molar-refractivity contribution in [1.29, 1.82) is 0 Å². The van der Waals surface area contributed by atoms with Crippen LogP contribution in [0.4, 0.5) is 11.4 Å². The summed E-state index contributed by atoms with van der Waals surface area (Å²) in [6.45, 7) is 6.59. The number of nitrogens with one attached hydrogen (secondary N) is 2. The Morgan fingerprint density at radius 2 is 1.31 bits per heavy atom. The van der Waals surface area contributed by atoms with Gasteiger partial charge in [-0.25, -0.2) is 9.59 Å². The molecule has 4 rings (SSSR count). The normalized spacial score (nSPS) is 14.0. The molecule has 9 nitrogen and oxygen atoms in total. The number of fused-ring (bicyclic) bond motifs is 1. The number of ether oxygens (including phenoxy) is 2. The largest absolute Gasteiger partial charge is 0.462 e. The van der Waals surface area contributed by atoms with Crippen molar-refractivity contribution >= 4 is 35.1 Å². The summed E-state index contributed by atoms with van der Waals surface area (Å²) < 4.78 is 10.0. The lowest BCUT2D eigenvalue weighted by molar-refractivity contribution is 0.0517. The Balaban J connectivity index is 1.52. The summed E-state index contributed by atoms with van der Waals surface area (Å²) in [5.74, 6) is -1.36. The zero-order valence-electron chi connectivity index (χ0n) is 22.2. The lowest BCUT2D eigenvalue weighted by atomic mass is 10.0. The van der Waals surface area contributed by atoms with Gasteiger partial charge < -0.3 is 25.0 Å². The molecule has 0 radical (unpaired) electrons. The molecule has 0 aromatic heterocycles. The van der Waals surface area contributed by atoms with Gasteiger partial charge in [-0.15, -0.1) is 0 Å². The van der Waals surface area contributed by atoms with E-state index in [1.165, 1.54) is 0 Å². The maximum Gasteiger partial charge on any atom is 0.338 e. The lowest BCUT2D eigenvalue weighted by Gasteiger charge is -2.26. The highest BCUT2D eigenvalue weighted by Crippen LogP contribution is 2.35. The summed E-state index contributed by atoms with van der Waals surface area (Å²) in [6.07, 6.45) is 0.336. The number of esters is 2. The fourth-order valence-electron chi connectivity index (χ4n) is 4.37. The van der Waals surface area contributed by atoms with E-state index in [4.69, 9.17) is 9.47 Å². The summed E-state index contributed by atoms with van der Waals surface area (Å²) in [4.78, 5) is 51.9. The van der Waals surface area contributed by atoms with Gasteiger partial charge in [0.15, 0.2) is 0 Å². The van der Waals surface area contributed by atoms with Crippen molar-refractivity contribution in [1.82, 2.24) is 4.90 Å². The highest BCUT2D eigenvalue weighted by atomic mass is 16.5. The molecule has 202 valence electrons. The zero-order valence-corrected chi connectivity index (χ0v) is 22.2. The van der Waals surface area contributed by atoms with E-state index in [1.54, 1.807) is 85.5 Å². The Morgan fingerprint density at radius 1 is 0.769 bits per heavy atom. The van der Waals surface area contributed by atoms with Crippen LogP contribution in [0.5, 0.6) is 0 Å². The van der Waals surface area contributed by atoms with Crippen molar-refractivity contribution in [2.24, 2.45) is 0 Å². The van der Waals surface area contributed by atoms with Crippen LogP contribution in [-0.4, -0.2) is 48.4 Å². The second kappa shape index (κ2) is 12.3. The minimum atomic E-state index is -0.428. The van der Waals surface area contributed by atoms with Gasteiger partial charge in [0.1, 0.15) is 6.17 Å². The average molecular weight is 530 g/mol. The van der Waals surface area contributed by atoms with Gasteiger partial charge >= 0.3 is 11.9 Å².